The van der Waals surface area contributed by atoms with Gasteiger partial charge in [-0.2, -0.15) is 0 Å². The molecule has 78 valence electrons. The molecule has 0 aliphatic heterocycles. The van der Waals surface area contributed by atoms with Crippen LogP contribution in [0.15, 0.2) is 30.3 Å². The molecule has 1 unspecified atom stereocenters. The topological polar surface area (TPSA) is 46.2 Å². The van der Waals surface area contributed by atoms with E-state index in [0.717, 1.165) is 5.56 Å². The van der Waals surface area contributed by atoms with Crippen molar-refractivity contribution in [2.24, 2.45) is 5.73 Å². The van der Waals surface area contributed by atoms with E-state index in [9.17, 15) is 5.11 Å². The molecule has 0 fully saturated rings. The second kappa shape index (κ2) is 3.71. The highest BCUT2D eigenvalue weighted by molar-refractivity contribution is 5.26. The van der Waals surface area contributed by atoms with E-state index in [1.54, 1.807) is 0 Å². The van der Waals surface area contributed by atoms with E-state index in [-0.39, 0.29) is 0 Å². The molecule has 1 atom stereocenters. The van der Waals surface area contributed by atoms with Crippen molar-refractivity contribution in [3.63, 3.8) is 0 Å². The van der Waals surface area contributed by atoms with Crippen LogP contribution in [0, 0.1) is 0 Å². The fourth-order valence-electron chi connectivity index (χ4n) is 1.75. The zero-order valence-corrected chi connectivity index (χ0v) is 9.12. The molecule has 14 heavy (non-hydrogen) atoms. The normalized spacial score (nSPS) is 16.4. The average Bonchev–Trinajstić information content (AvgIpc) is 2.16. The first-order valence-electron chi connectivity index (χ1n) is 4.98. The second-order valence-corrected chi connectivity index (χ2v) is 4.30. The average molecular weight is 193 g/mol. The maximum atomic E-state index is 10.5. The Morgan fingerprint density at radius 3 is 2.07 bits per heavy atom. The van der Waals surface area contributed by atoms with E-state index < -0.39 is 11.1 Å². The smallest absolute Gasteiger partial charge is 0.107 e. The van der Waals surface area contributed by atoms with E-state index in [2.05, 4.69) is 0 Å². The molecule has 0 heterocycles. The lowest BCUT2D eigenvalue weighted by molar-refractivity contribution is -0.0305. The minimum absolute atomic E-state index is 0.612. The highest BCUT2D eigenvalue weighted by Crippen LogP contribution is 2.33. The molecule has 0 saturated heterocycles. The van der Waals surface area contributed by atoms with Gasteiger partial charge in [-0.25, -0.2) is 0 Å². The summed E-state index contributed by atoms with van der Waals surface area (Å²) >= 11 is 0. The van der Waals surface area contributed by atoms with Crippen LogP contribution in [0.3, 0.4) is 0 Å². The molecule has 0 aliphatic rings. The van der Waals surface area contributed by atoms with Crippen molar-refractivity contribution in [2.75, 3.05) is 0 Å². The van der Waals surface area contributed by atoms with Gasteiger partial charge in [0.15, 0.2) is 0 Å². The van der Waals surface area contributed by atoms with Crippen LogP contribution in [-0.4, -0.2) is 10.6 Å². The van der Waals surface area contributed by atoms with E-state index in [0.29, 0.717) is 6.42 Å². The number of benzene rings is 1. The lowest BCUT2D eigenvalue weighted by atomic mass is 9.76. The Morgan fingerprint density at radius 2 is 1.71 bits per heavy atom. The summed E-state index contributed by atoms with van der Waals surface area (Å²) in [5.74, 6) is 0. The van der Waals surface area contributed by atoms with Crippen LogP contribution in [0.1, 0.15) is 32.8 Å². The van der Waals surface area contributed by atoms with Crippen molar-refractivity contribution >= 4 is 0 Å². The second-order valence-electron chi connectivity index (χ2n) is 4.30. The Balaban J connectivity index is 3.15. The van der Waals surface area contributed by atoms with Crippen molar-refractivity contribution < 1.29 is 5.11 Å². The Morgan fingerprint density at radius 1 is 1.21 bits per heavy atom. The minimum atomic E-state index is -0.950. The summed E-state index contributed by atoms with van der Waals surface area (Å²) in [4.78, 5) is 0. The van der Waals surface area contributed by atoms with Gasteiger partial charge in [0.2, 0.25) is 0 Å². The monoisotopic (exact) mass is 193 g/mol. The molecule has 0 amide bonds. The molecule has 3 N–H and O–H groups in total. The molecule has 0 saturated carbocycles. The van der Waals surface area contributed by atoms with Crippen LogP contribution in [0.2, 0.25) is 0 Å². The first-order chi connectivity index (χ1) is 6.42. The predicted molar refractivity (Wildman–Crippen MR) is 58.9 cm³/mol. The zero-order valence-electron chi connectivity index (χ0n) is 9.12. The third-order valence-electron chi connectivity index (χ3n) is 2.83. The van der Waals surface area contributed by atoms with Gasteiger partial charge in [-0.3, -0.25) is 0 Å². The molecule has 0 bridgehead atoms. The molecular weight excluding hydrogens is 174 g/mol. The summed E-state index contributed by atoms with van der Waals surface area (Å²) in [6.45, 7) is 5.65. The zero-order chi connectivity index (χ0) is 10.8. The van der Waals surface area contributed by atoms with Crippen molar-refractivity contribution in [3.05, 3.63) is 35.9 Å². The molecule has 0 aromatic heterocycles. The lowest BCUT2D eigenvalue weighted by Gasteiger charge is -2.39. The molecule has 2 nitrogen and oxygen atoms in total. The van der Waals surface area contributed by atoms with Gasteiger partial charge < -0.3 is 10.8 Å². The number of nitrogens with two attached hydrogens (primary N) is 1. The van der Waals surface area contributed by atoms with Crippen LogP contribution < -0.4 is 5.73 Å². The lowest BCUT2D eigenvalue weighted by Crippen LogP contribution is -2.53. The highest BCUT2D eigenvalue weighted by atomic mass is 16.3. The quantitative estimate of drug-likeness (QED) is 0.771. The van der Waals surface area contributed by atoms with Gasteiger partial charge in [-0.1, -0.05) is 37.3 Å². The Bertz CT molecular complexity index is 289. The third-order valence-corrected chi connectivity index (χ3v) is 2.83. The highest BCUT2D eigenvalue weighted by Gasteiger charge is 2.40. The van der Waals surface area contributed by atoms with Crippen LogP contribution in [0.25, 0.3) is 0 Å². The minimum Gasteiger partial charge on any atom is -0.383 e. The summed E-state index contributed by atoms with van der Waals surface area (Å²) < 4.78 is 0. The molecule has 0 spiro atoms. The Labute approximate surface area is 85.8 Å². The number of hydrogen-bond donors (Lipinski definition) is 2. The van der Waals surface area contributed by atoms with Gasteiger partial charge in [0, 0.05) is 5.54 Å². The van der Waals surface area contributed by atoms with E-state index in [1.165, 1.54) is 0 Å². The maximum absolute atomic E-state index is 10.5. The van der Waals surface area contributed by atoms with Crippen molar-refractivity contribution in [2.45, 2.75) is 38.3 Å². The molecule has 0 aliphatic carbocycles. The summed E-state index contributed by atoms with van der Waals surface area (Å²) in [5.41, 5.74) is 5.30. The Hall–Kier alpha value is -0.860. The van der Waals surface area contributed by atoms with Gasteiger partial charge in [0.25, 0.3) is 0 Å². The van der Waals surface area contributed by atoms with Crippen LogP contribution in [0.4, 0.5) is 0 Å². The summed E-state index contributed by atoms with van der Waals surface area (Å²) in [5, 5.41) is 10.5. The summed E-state index contributed by atoms with van der Waals surface area (Å²) in [7, 11) is 0. The molecule has 1 aromatic carbocycles. The van der Waals surface area contributed by atoms with Crippen molar-refractivity contribution in [1.29, 1.82) is 0 Å². The first-order valence-corrected chi connectivity index (χ1v) is 4.98. The van der Waals surface area contributed by atoms with Crippen LogP contribution >= 0.6 is 0 Å². The predicted octanol–water partition coefficient (Wildman–Crippen LogP) is 2.02. The first kappa shape index (κ1) is 11.2. The Kier molecular flexibility index (Phi) is 2.98. The van der Waals surface area contributed by atoms with E-state index >= 15 is 0 Å². The number of hydrogen-bond acceptors (Lipinski definition) is 2. The third kappa shape index (κ3) is 1.81. The summed E-state index contributed by atoms with van der Waals surface area (Å²) in [6, 6.07) is 9.60. The van der Waals surface area contributed by atoms with E-state index in [4.69, 9.17) is 5.73 Å². The fraction of sp³-hybridized carbons (Fsp3) is 0.500. The molecule has 0 radical (unpaired) electrons. The summed E-state index contributed by atoms with van der Waals surface area (Å²) in [6.07, 6.45) is 0.612. The van der Waals surface area contributed by atoms with Crippen molar-refractivity contribution in [1.82, 2.24) is 0 Å². The standard InChI is InChI=1S/C12H19NO/c1-4-12(14,11(2,3)13)10-8-6-5-7-9-10/h5-9,14H,4,13H2,1-3H3. The number of aliphatic hydroxyl groups is 1. The van der Waals surface area contributed by atoms with Gasteiger partial charge in [-0.05, 0) is 25.8 Å². The fourth-order valence-corrected chi connectivity index (χ4v) is 1.75. The van der Waals surface area contributed by atoms with Gasteiger partial charge >= 0.3 is 0 Å². The molecular formula is C12H19NO. The molecule has 1 rings (SSSR count). The largest absolute Gasteiger partial charge is 0.383 e. The molecule has 2 heteroatoms. The SMILES string of the molecule is CCC(O)(c1ccccc1)C(C)(C)N. The molecule has 1 aromatic rings. The van der Waals surface area contributed by atoms with Crippen LogP contribution in [0.5, 0.6) is 0 Å². The van der Waals surface area contributed by atoms with Gasteiger partial charge in [-0.15, -0.1) is 0 Å². The van der Waals surface area contributed by atoms with E-state index in [1.807, 2.05) is 51.1 Å². The maximum Gasteiger partial charge on any atom is 0.107 e. The van der Waals surface area contributed by atoms with Crippen molar-refractivity contribution in [3.8, 4) is 0 Å². The van der Waals surface area contributed by atoms with Crippen LogP contribution in [-0.2, 0) is 5.60 Å². The number of rotatable bonds is 3. The van der Waals surface area contributed by atoms with Gasteiger partial charge in [0.1, 0.15) is 5.60 Å². The van der Waals surface area contributed by atoms with Gasteiger partial charge in [0.05, 0.1) is 0 Å².